The summed E-state index contributed by atoms with van der Waals surface area (Å²) in [5, 5.41) is 9.60. The summed E-state index contributed by atoms with van der Waals surface area (Å²) in [6.07, 6.45) is 2.34. The van der Waals surface area contributed by atoms with Crippen LogP contribution in [0.4, 0.5) is 0 Å². The minimum Gasteiger partial charge on any atom is -0.461 e. The van der Waals surface area contributed by atoms with Crippen LogP contribution in [-0.2, 0) is 14.3 Å². The number of hydrogen-bond acceptors (Lipinski definition) is 4. The Bertz CT molecular complexity index is 582. The first kappa shape index (κ1) is 15.1. The average molecular weight is 318 g/mol. The summed E-state index contributed by atoms with van der Waals surface area (Å²) in [6.45, 7) is -0.224. The smallest absolute Gasteiger partial charge is 0.316 e. The van der Waals surface area contributed by atoms with Crippen molar-refractivity contribution in [1.29, 1.82) is 0 Å². The monoisotopic (exact) mass is 318 g/mol. The van der Waals surface area contributed by atoms with Gasteiger partial charge in [0.2, 0.25) is 0 Å². The van der Waals surface area contributed by atoms with E-state index < -0.39 is 5.92 Å². The van der Waals surface area contributed by atoms with Crippen molar-refractivity contribution in [2.45, 2.75) is 49.2 Å². The van der Waals surface area contributed by atoms with Crippen molar-refractivity contribution in [1.82, 2.24) is 0 Å². The summed E-state index contributed by atoms with van der Waals surface area (Å²) in [4.78, 5) is 12.5. The second kappa shape index (κ2) is 5.30. The molecule has 4 rings (SSSR count). The fourth-order valence-corrected chi connectivity index (χ4v) is 4.55. The number of aliphatic hydroxyl groups excluding tert-OH is 1. The standard InChI is InChI=1S/C18H24NO4/c1-19(2)14-8-12(9-15(19)17-16(14)23-17)22-18(21)13(10-20)11-6-4-3-5-7-11/h3-7,12-17,20H,8-10H2,1-2H3/q+1/t12-,13?,14+,15?,16-,17?/m1/s1. The van der Waals surface area contributed by atoms with Crippen LogP contribution in [0.25, 0.3) is 0 Å². The summed E-state index contributed by atoms with van der Waals surface area (Å²) in [5.41, 5.74) is 0.807. The molecule has 0 amide bonds. The lowest BCUT2D eigenvalue weighted by Crippen LogP contribution is -2.60. The topological polar surface area (TPSA) is 59.1 Å². The molecule has 0 aromatic heterocycles. The number of hydrogen-bond donors (Lipinski definition) is 1. The molecule has 3 unspecified atom stereocenters. The molecular weight excluding hydrogens is 294 g/mol. The Balaban J connectivity index is 1.44. The number of morpholine rings is 1. The predicted octanol–water partition coefficient (Wildman–Crippen LogP) is 1.06. The highest BCUT2D eigenvalue weighted by Crippen LogP contribution is 2.51. The second-order valence-electron chi connectivity index (χ2n) is 7.51. The molecule has 2 bridgehead atoms. The minimum absolute atomic E-state index is 0.0576. The number of ether oxygens (including phenoxy) is 2. The average Bonchev–Trinajstić information content (AvgIpc) is 3.27. The highest BCUT2D eigenvalue weighted by Gasteiger charge is 2.70. The molecule has 0 aliphatic carbocycles. The lowest BCUT2D eigenvalue weighted by molar-refractivity contribution is -0.938. The Hall–Kier alpha value is -1.43. The first-order chi connectivity index (χ1) is 11.0. The van der Waals surface area contributed by atoms with Gasteiger partial charge in [-0.1, -0.05) is 30.3 Å². The van der Waals surface area contributed by atoms with Gasteiger partial charge in [-0.15, -0.1) is 0 Å². The van der Waals surface area contributed by atoms with Gasteiger partial charge in [-0.3, -0.25) is 4.79 Å². The van der Waals surface area contributed by atoms with E-state index in [0.29, 0.717) is 24.3 Å². The van der Waals surface area contributed by atoms with Gasteiger partial charge in [-0.25, -0.2) is 0 Å². The van der Waals surface area contributed by atoms with E-state index in [4.69, 9.17) is 9.47 Å². The summed E-state index contributed by atoms with van der Waals surface area (Å²) >= 11 is 0. The molecule has 6 atom stereocenters. The largest absolute Gasteiger partial charge is 0.461 e. The van der Waals surface area contributed by atoms with Crippen molar-refractivity contribution >= 4 is 5.97 Å². The molecule has 3 saturated heterocycles. The maximum Gasteiger partial charge on any atom is 0.316 e. The number of carbonyl (C=O) groups is 1. The summed E-state index contributed by atoms with van der Waals surface area (Å²) in [6, 6.07) is 10.2. The normalized spacial score (nSPS) is 37.8. The maximum absolute atomic E-state index is 12.5. The van der Waals surface area contributed by atoms with E-state index in [2.05, 4.69) is 14.1 Å². The summed E-state index contributed by atoms with van der Waals surface area (Å²) in [5.74, 6) is -0.908. The SMILES string of the molecule is C[N+]1(C)C2C[C@H](OC(=O)C(CO)c3ccccc3)C[C@H]1[C@H]1OC21. The number of epoxide rings is 1. The van der Waals surface area contributed by atoms with E-state index in [1.54, 1.807) is 0 Å². The second-order valence-corrected chi connectivity index (χ2v) is 7.51. The van der Waals surface area contributed by atoms with Crippen LogP contribution in [0, 0.1) is 0 Å². The molecule has 5 nitrogen and oxygen atoms in total. The summed E-state index contributed by atoms with van der Waals surface area (Å²) < 4.78 is 12.5. The van der Waals surface area contributed by atoms with Gasteiger partial charge in [0.15, 0.2) is 0 Å². The van der Waals surface area contributed by atoms with Gasteiger partial charge in [-0.05, 0) is 5.56 Å². The molecule has 3 heterocycles. The quantitative estimate of drug-likeness (QED) is 0.512. The fraction of sp³-hybridized carbons (Fsp3) is 0.611. The number of aliphatic hydroxyl groups is 1. The highest BCUT2D eigenvalue weighted by atomic mass is 16.6. The lowest BCUT2D eigenvalue weighted by atomic mass is 9.95. The van der Waals surface area contributed by atoms with Gasteiger partial charge in [0, 0.05) is 12.8 Å². The Morgan fingerprint density at radius 3 is 2.43 bits per heavy atom. The number of esters is 1. The van der Waals surface area contributed by atoms with Crippen LogP contribution in [0.1, 0.15) is 24.3 Å². The highest BCUT2D eigenvalue weighted by molar-refractivity contribution is 5.78. The third-order valence-corrected chi connectivity index (χ3v) is 5.99. The van der Waals surface area contributed by atoms with E-state index in [1.165, 1.54) is 0 Å². The van der Waals surface area contributed by atoms with Crippen LogP contribution in [-0.4, -0.2) is 66.7 Å². The molecule has 124 valence electrons. The molecule has 3 aliphatic rings. The zero-order valence-corrected chi connectivity index (χ0v) is 13.6. The maximum atomic E-state index is 12.5. The number of rotatable bonds is 4. The van der Waals surface area contributed by atoms with Crippen molar-refractivity contribution in [3.63, 3.8) is 0 Å². The van der Waals surface area contributed by atoms with Gasteiger partial charge in [0.1, 0.15) is 36.3 Å². The van der Waals surface area contributed by atoms with Crippen molar-refractivity contribution < 1.29 is 23.9 Å². The first-order valence-electron chi connectivity index (χ1n) is 8.37. The number of piperidine rings is 1. The van der Waals surface area contributed by atoms with E-state index in [-0.39, 0.29) is 18.7 Å². The van der Waals surface area contributed by atoms with Crippen LogP contribution in [0.2, 0.25) is 0 Å². The molecule has 3 fully saturated rings. The zero-order chi connectivity index (χ0) is 16.2. The van der Waals surface area contributed by atoms with Crippen LogP contribution >= 0.6 is 0 Å². The van der Waals surface area contributed by atoms with E-state index in [0.717, 1.165) is 22.9 Å². The number of quaternary nitrogens is 1. The molecule has 0 spiro atoms. The van der Waals surface area contributed by atoms with E-state index in [9.17, 15) is 9.90 Å². The fourth-order valence-electron chi connectivity index (χ4n) is 4.55. The molecule has 23 heavy (non-hydrogen) atoms. The first-order valence-corrected chi connectivity index (χ1v) is 8.37. The Morgan fingerprint density at radius 2 is 1.87 bits per heavy atom. The van der Waals surface area contributed by atoms with Crippen LogP contribution in [0.15, 0.2) is 30.3 Å². The number of benzene rings is 1. The van der Waals surface area contributed by atoms with Crippen LogP contribution < -0.4 is 0 Å². The van der Waals surface area contributed by atoms with Crippen LogP contribution in [0.5, 0.6) is 0 Å². The minimum atomic E-state index is -0.593. The summed E-state index contributed by atoms with van der Waals surface area (Å²) in [7, 11) is 4.51. The molecule has 1 N–H and O–H groups in total. The van der Waals surface area contributed by atoms with Crippen molar-refractivity contribution in [3.05, 3.63) is 35.9 Å². The lowest BCUT2D eigenvalue weighted by Gasteiger charge is -2.45. The Morgan fingerprint density at radius 1 is 1.26 bits per heavy atom. The number of carbonyl (C=O) groups excluding carboxylic acids is 1. The predicted molar refractivity (Wildman–Crippen MR) is 83.7 cm³/mol. The number of likely N-dealkylation sites (N-methyl/N-ethyl adjacent to an activating group) is 1. The van der Waals surface area contributed by atoms with Crippen LogP contribution in [0.3, 0.4) is 0 Å². The van der Waals surface area contributed by atoms with Crippen molar-refractivity contribution in [2.24, 2.45) is 0 Å². The Labute approximate surface area is 136 Å². The van der Waals surface area contributed by atoms with Gasteiger partial charge in [0.25, 0.3) is 0 Å². The van der Waals surface area contributed by atoms with Gasteiger partial charge < -0.3 is 19.1 Å². The molecule has 0 saturated carbocycles. The molecule has 1 aromatic rings. The number of nitrogens with zero attached hydrogens (tertiary/aromatic N) is 1. The zero-order valence-electron chi connectivity index (χ0n) is 13.6. The van der Waals surface area contributed by atoms with Crippen molar-refractivity contribution in [2.75, 3.05) is 20.7 Å². The van der Waals surface area contributed by atoms with E-state index in [1.807, 2.05) is 30.3 Å². The van der Waals surface area contributed by atoms with Gasteiger partial charge >= 0.3 is 5.97 Å². The van der Waals surface area contributed by atoms with Gasteiger partial charge in [-0.2, -0.15) is 0 Å². The number of fused-ring (bicyclic) bond motifs is 5. The molecular formula is C18H24NO4+. The van der Waals surface area contributed by atoms with Crippen molar-refractivity contribution in [3.8, 4) is 0 Å². The molecule has 5 heteroatoms. The third-order valence-electron chi connectivity index (χ3n) is 5.99. The van der Waals surface area contributed by atoms with Gasteiger partial charge in [0.05, 0.1) is 20.7 Å². The molecule has 0 radical (unpaired) electrons. The molecule has 3 aliphatic heterocycles. The third kappa shape index (κ3) is 2.38. The Kier molecular flexibility index (Phi) is 3.48. The molecule has 1 aromatic carbocycles. The van der Waals surface area contributed by atoms with E-state index >= 15 is 0 Å².